The third kappa shape index (κ3) is 2.28. The number of carbonyl (C=O) groups is 1. The maximum atomic E-state index is 11.1. The van der Waals surface area contributed by atoms with E-state index in [9.17, 15) is 4.79 Å². The zero-order valence-corrected chi connectivity index (χ0v) is 11.5. The average Bonchev–Trinajstić information content (AvgIpc) is 2.79. The van der Waals surface area contributed by atoms with E-state index in [2.05, 4.69) is 26.2 Å². The van der Waals surface area contributed by atoms with E-state index in [-0.39, 0.29) is 0 Å². The summed E-state index contributed by atoms with van der Waals surface area (Å²) < 4.78 is 2.53. The molecule has 6 heteroatoms. The molecule has 0 atom stereocenters. The minimum Gasteiger partial charge on any atom is -0.481 e. The van der Waals surface area contributed by atoms with Gasteiger partial charge in [-0.1, -0.05) is 21.1 Å². The smallest absolute Gasteiger partial charge is 0.315 e. The van der Waals surface area contributed by atoms with Gasteiger partial charge < -0.3 is 5.11 Å². The van der Waals surface area contributed by atoms with Crippen molar-refractivity contribution in [1.82, 2.24) is 15.0 Å². The minimum absolute atomic E-state index is 0.429. The maximum absolute atomic E-state index is 11.1. The number of rotatable bonds is 3. The van der Waals surface area contributed by atoms with Crippen molar-refractivity contribution in [1.29, 1.82) is 0 Å². The molecule has 1 aromatic carbocycles. The van der Waals surface area contributed by atoms with Gasteiger partial charge in [0.1, 0.15) is 5.41 Å². The second-order valence-electron chi connectivity index (χ2n) is 4.45. The number of aliphatic carboxylic acids is 1. The lowest BCUT2D eigenvalue weighted by molar-refractivity contribution is -0.142. The lowest BCUT2D eigenvalue weighted by Crippen LogP contribution is -2.28. The molecule has 1 aromatic heterocycles. The Morgan fingerprint density at radius 2 is 1.94 bits per heavy atom. The monoisotopic (exact) mass is 309 g/mol. The molecule has 0 aliphatic heterocycles. The van der Waals surface area contributed by atoms with Crippen LogP contribution in [0.5, 0.6) is 0 Å². The zero-order chi connectivity index (χ0) is 13.3. The third-order valence-electron chi connectivity index (χ3n) is 2.76. The summed E-state index contributed by atoms with van der Waals surface area (Å²) >= 11 is 3.35. The Kier molecular flexibility index (Phi) is 3.21. The highest BCUT2D eigenvalue weighted by molar-refractivity contribution is 9.10. The molecule has 0 unspecified atom stereocenters. The van der Waals surface area contributed by atoms with Crippen molar-refractivity contribution in [2.45, 2.75) is 19.3 Å². The van der Waals surface area contributed by atoms with Crippen LogP contribution in [0.1, 0.15) is 19.5 Å². The maximum Gasteiger partial charge on any atom is 0.315 e. The molecule has 2 aromatic rings. The summed E-state index contributed by atoms with van der Waals surface area (Å²) in [7, 11) is 0. The number of halogens is 1. The topological polar surface area (TPSA) is 68.0 Å². The number of carboxylic acid groups (broad SMARTS) is 1. The minimum atomic E-state index is -1.05. The summed E-state index contributed by atoms with van der Waals surface area (Å²) in [4.78, 5) is 11.1. The Morgan fingerprint density at radius 3 is 2.50 bits per heavy atom. The van der Waals surface area contributed by atoms with Crippen LogP contribution in [-0.2, 0) is 10.2 Å². The summed E-state index contributed by atoms with van der Waals surface area (Å²) in [6, 6.07) is 7.52. The highest BCUT2D eigenvalue weighted by Gasteiger charge is 2.32. The fourth-order valence-corrected chi connectivity index (χ4v) is 1.64. The second kappa shape index (κ2) is 4.53. The van der Waals surface area contributed by atoms with Gasteiger partial charge in [0, 0.05) is 4.47 Å². The molecule has 0 saturated heterocycles. The van der Waals surface area contributed by atoms with Gasteiger partial charge in [-0.05, 0) is 38.1 Å². The van der Waals surface area contributed by atoms with Crippen molar-refractivity contribution in [3.8, 4) is 5.69 Å². The molecule has 0 bridgehead atoms. The number of nitrogens with zero attached hydrogens (tertiary/aromatic N) is 3. The molecule has 0 spiro atoms. The first kappa shape index (κ1) is 12.8. The normalized spacial score (nSPS) is 11.5. The molecule has 1 heterocycles. The van der Waals surface area contributed by atoms with E-state index in [1.165, 1.54) is 0 Å². The van der Waals surface area contributed by atoms with Crippen LogP contribution in [-0.4, -0.2) is 26.1 Å². The van der Waals surface area contributed by atoms with Crippen LogP contribution in [0.15, 0.2) is 34.9 Å². The van der Waals surface area contributed by atoms with Gasteiger partial charge in [0.25, 0.3) is 0 Å². The first-order valence-corrected chi connectivity index (χ1v) is 6.13. The average molecular weight is 310 g/mol. The Balaban J connectivity index is 2.37. The van der Waals surface area contributed by atoms with Crippen LogP contribution >= 0.6 is 15.9 Å². The van der Waals surface area contributed by atoms with Crippen molar-refractivity contribution in [2.75, 3.05) is 0 Å². The van der Waals surface area contributed by atoms with Crippen LogP contribution in [0, 0.1) is 0 Å². The SMILES string of the molecule is CC(C)(C(=O)O)c1cn(-c2ccc(Br)cc2)nn1. The number of hydrogen-bond acceptors (Lipinski definition) is 3. The molecular weight excluding hydrogens is 298 g/mol. The first-order valence-electron chi connectivity index (χ1n) is 5.33. The Hall–Kier alpha value is -1.69. The molecule has 94 valence electrons. The van der Waals surface area contributed by atoms with E-state index < -0.39 is 11.4 Å². The van der Waals surface area contributed by atoms with Gasteiger partial charge >= 0.3 is 5.97 Å². The van der Waals surface area contributed by atoms with E-state index in [1.54, 1.807) is 24.7 Å². The van der Waals surface area contributed by atoms with Crippen molar-refractivity contribution >= 4 is 21.9 Å². The summed E-state index contributed by atoms with van der Waals surface area (Å²) in [5.41, 5.74) is 0.212. The van der Waals surface area contributed by atoms with Crippen molar-refractivity contribution in [2.24, 2.45) is 0 Å². The summed E-state index contributed by atoms with van der Waals surface area (Å²) in [5.74, 6) is -0.926. The van der Waals surface area contributed by atoms with Crippen LogP contribution in [0.2, 0.25) is 0 Å². The van der Waals surface area contributed by atoms with Crippen molar-refractivity contribution in [3.05, 3.63) is 40.6 Å². The van der Waals surface area contributed by atoms with Gasteiger partial charge in [0.05, 0.1) is 17.6 Å². The van der Waals surface area contributed by atoms with Gasteiger partial charge in [-0.25, -0.2) is 4.68 Å². The Labute approximate surface area is 113 Å². The van der Waals surface area contributed by atoms with E-state index in [0.717, 1.165) is 10.2 Å². The molecule has 1 N–H and O–H groups in total. The standard InChI is InChI=1S/C12H12BrN3O2/c1-12(2,11(17)18)10-7-16(15-14-10)9-5-3-8(13)4-6-9/h3-7H,1-2H3,(H,17,18). The zero-order valence-electron chi connectivity index (χ0n) is 9.96. The predicted molar refractivity (Wildman–Crippen MR) is 69.7 cm³/mol. The number of carboxylic acids is 1. The largest absolute Gasteiger partial charge is 0.481 e. The number of aromatic nitrogens is 3. The van der Waals surface area contributed by atoms with Crippen LogP contribution in [0.25, 0.3) is 5.69 Å². The predicted octanol–water partition coefficient (Wildman–Crippen LogP) is 2.39. The lowest BCUT2D eigenvalue weighted by atomic mass is 9.90. The molecule has 0 fully saturated rings. The quantitative estimate of drug-likeness (QED) is 0.945. The molecule has 18 heavy (non-hydrogen) atoms. The molecule has 0 saturated carbocycles. The second-order valence-corrected chi connectivity index (χ2v) is 5.37. The molecule has 0 aliphatic rings. The van der Waals surface area contributed by atoms with Gasteiger partial charge in [0.15, 0.2) is 0 Å². The van der Waals surface area contributed by atoms with Crippen LogP contribution in [0.4, 0.5) is 0 Å². The molecule has 5 nitrogen and oxygen atoms in total. The fraction of sp³-hybridized carbons (Fsp3) is 0.250. The van der Waals surface area contributed by atoms with E-state index in [4.69, 9.17) is 5.11 Å². The Morgan fingerprint density at radius 1 is 1.33 bits per heavy atom. The van der Waals surface area contributed by atoms with Crippen molar-refractivity contribution < 1.29 is 9.90 Å². The van der Waals surface area contributed by atoms with E-state index >= 15 is 0 Å². The number of benzene rings is 1. The van der Waals surface area contributed by atoms with Crippen molar-refractivity contribution in [3.63, 3.8) is 0 Å². The molecule has 0 aliphatic carbocycles. The van der Waals surface area contributed by atoms with Gasteiger partial charge in [0.2, 0.25) is 0 Å². The summed E-state index contributed by atoms with van der Waals surface area (Å²) in [5, 5.41) is 17.0. The highest BCUT2D eigenvalue weighted by atomic mass is 79.9. The number of hydrogen-bond donors (Lipinski definition) is 1. The van der Waals surface area contributed by atoms with Gasteiger partial charge in [-0.2, -0.15) is 0 Å². The summed E-state index contributed by atoms with van der Waals surface area (Å²) in [6.07, 6.45) is 1.64. The highest BCUT2D eigenvalue weighted by Crippen LogP contribution is 2.22. The fourth-order valence-electron chi connectivity index (χ4n) is 1.38. The van der Waals surface area contributed by atoms with Gasteiger partial charge in [-0.15, -0.1) is 5.10 Å². The molecule has 0 amide bonds. The van der Waals surface area contributed by atoms with Crippen LogP contribution in [0.3, 0.4) is 0 Å². The van der Waals surface area contributed by atoms with E-state index in [0.29, 0.717) is 5.69 Å². The Bertz CT molecular complexity index is 575. The lowest BCUT2D eigenvalue weighted by Gasteiger charge is -2.14. The summed E-state index contributed by atoms with van der Waals surface area (Å²) in [6.45, 7) is 3.20. The first-order chi connectivity index (χ1) is 8.41. The van der Waals surface area contributed by atoms with Gasteiger partial charge in [-0.3, -0.25) is 4.79 Å². The van der Waals surface area contributed by atoms with Crippen LogP contribution < -0.4 is 0 Å². The third-order valence-corrected chi connectivity index (χ3v) is 3.29. The molecule has 2 rings (SSSR count). The molecular formula is C12H12BrN3O2. The van der Waals surface area contributed by atoms with E-state index in [1.807, 2.05) is 24.3 Å². The molecule has 0 radical (unpaired) electrons.